The predicted molar refractivity (Wildman–Crippen MR) is 49.1 cm³/mol. The largest absolute Gasteiger partial charge is 0.457 e. The van der Waals surface area contributed by atoms with Gasteiger partial charge in [0.05, 0.1) is 10.9 Å². The van der Waals surface area contributed by atoms with Gasteiger partial charge in [-0.1, -0.05) is 0 Å². The van der Waals surface area contributed by atoms with E-state index in [0.29, 0.717) is 0 Å². The number of halogens is 1. The summed E-state index contributed by atoms with van der Waals surface area (Å²) in [6.45, 7) is 5.91. The molecule has 1 heterocycles. The van der Waals surface area contributed by atoms with Crippen LogP contribution in [0.2, 0.25) is 0 Å². The fourth-order valence-corrected chi connectivity index (χ4v) is 2.88. The molecule has 1 atom stereocenters. The first kappa shape index (κ1) is 8.58. The molecule has 0 aromatic rings. The number of hydrogen-bond acceptors (Lipinski definition) is 2. The van der Waals surface area contributed by atoms with E-state index in [9.17, 15) is 0 Å². The first-order chi connectivity index (χ1) is 4.35. The molecule has 0 aromatic heterocycles. The zero-order chi connectivity index (χ0) is 7.99. The smallest absolute Gasteiger partial charge is 0.207 e. The van der Waals surface area contributed by atoms with Crippen molar-refractivity contribution in [1.29, 1.82) is 0 Å². The highest BCUT2D eigenvalue weighted by Crippen LogP contribution is 2.69. The second-order valence-electron chi connectivity index (χ2n) is 2.98. The first-order valence-corrected chi connectivity index (χ1v) is 6.66. The van der Waals surface area contributed by atoms with E-state index in [-0.39, 0.29) is 5.16 Å². The molecule has 4 heteroatoms. The van der Waals surface area contributed by atoms with Gasteiger partial charge in [0.2, 0.25) is 5.62 Å². The van der Waals surface area contributed by atoms with Crippen molar-refractivity contribution >= 4 is 28.7 Å². The van der Waals surface area contributed by atoms with Crippen LogP contribution in [0.5, 0.6) is 0 Å². The predicted octanol–water partition coefficient (Wildman–Crippen LogP) is 3.25. The third kappa shape index (κ3) is 1.25. The summed E-state index contributed by atoms with van der Waals surface area (Å²) in [5.41, 5.74) is -2.09. The van der Waals surface area contributed by atoms with Crippen molar-refractivity contribution in [2.24, 2.45) is 0 Å². The Kier molecular flexibility index (Phi) is 1.91. The lowest BCUT2D eigenvalue weighted by atomic mass is 10.2. The van der Waals surface area contributed by atoms with Gasteiger partial charge in [0.25, 0.3) is 0 Å². The minimum absolute atomic E-state index is 0.131. The summed E-state index contributed by atoms with van der Waals surface area (Å²) in [7, 11) is 0. The van der Waals surface area contributed by atoms with Gasteiger partial charge in [-0.05, 0) is 49.9 Å². The molecule has 0 aliphatic carbocycles. The summed E-state index contributed by atoms with van der Waals surface area (Å²) in [6, 6.07) is 0. The molecule has 0 amide bonds. The highest BCUT2D eigenvalue weighted by atomic mass is 35.7. The van der Waals surface area contributed by atoms with E-state index >= 15 is 0 Å². The number of rotatable bonds is 0. The molecule has 0 aromatic carbocycles. The van der Waals surface area contributed by atoms with Gasteiger partial charge in [0.1, 0.15) is 0 Å². The normalized spacial score (nSPS) is 37.0. The van der Waals surface area contributed by atoms with E-state index in [1.54, 1.807) is 0 Å². The minimum Gasteiger partial charge on any atom is -0.457 e. The standard InChI is InChI=1S/C6H10ClOPS/c1-5-4-6(2,3)9(7,10)8-5/h4H,1-3H3. The second-order valence-corrected chi connectivity index (χ2v) is 8.85. The van der Waals surface area contributed by atoms with Crippen molar-refractivity contribution in [3.05, 3.63) is 11.8 Å². The van der Waals surface area contributed by atoms with Gasteiger partial charge in [-0.2, -0.15) is 0 Å². The van der Waals surface area contributed by atoms with Gasteiger partial charge < -0.3 is 4.52 Å². The lowest BCUT2D eigenvalue weighted by molar-refractivity contribution is 0.494. The number of allylic oxidation sites excluding steroid dienone is 2. The maximum Gasteiger partial charge on any atom is 0.207 e. The summed E-state index contributed by atoms with van der Waals surface area (Å²) in [5.74, 6) is 0.864. The Morgan fingerprint density at radius 1 is 1.70 bits per heavy atom. The van der Waals surface area contributed by atoms with Crippen molar-refractivity contribution in [2.45, 2.75) is 25.9 Å². The summed E-state index contributed by atoms with van der Waals surface area (Å²) in [4.78, 5) is 0. The van der Waals surface area contributed by atoms with Crippen molar-refractivity contribution < 1.29 is 4.52 Å². The van der Waals surface area contributed by atoms with Crippen LogP contribution in [-0.2, 0) is 16.3 Å². The van der Waals surface area contributed by atoms with Crippen molar-refractivity contribution in [1.82, 2.24) is 0 Å². The van der Waals surface area contributed by atoms with Gasteiger partial charge >= 0.3 is 0 Å². The molecule has 1 rings (SSSR count). The van der Waals surface area contributed by atoms with Crippen LogP contribution in [0, 0.1) is 0 Å². The van der Waals surface area contributed by atoms with E-state index in [0.717, 1.165) is 5.76 Å². The number of hydrogen-bond donors (Lipinski definition) is 0. The molecule has 1 aliphatic rings. The topological polar surface area (TPSA) is 9.23 Å². The van der Waals surface area contributed by atoms with Gasteiger partial charge in [0, 0.05) is 0 Å². The summed E-state index contributed by atoms with van der Waals surface area (Å²) in [5, 5.41) is -0.131. The van der Waals surface area contributed by atoms with Crippen LogP contribution in [0.1, 0.15) is 20.8 Å². The Morgan fingerprint density at radius 2 is 2.20 bits per heavy atom. The fourth-order valence-electron chi connectivity index (χ4n) is 0.904. The van der Waals surface area contributed by atoms with E-state index in [2.05, 4.69) is 0 Å². The van der Waals surface area contributed by atoms with Crippen LogP contribution in [-0.4, -0.2) is 5.16 Å². The molecule has 0 saturated carbocycles. The molecule has 0 bridgehead atoms. The van der Waals surface area contributed by atoms with Crippen molar-refractivity contribution in [2.75, 3.05) is 0 Å². The van der Waals surface area contributed by atoms with E-state index < -0.39 is 5.62 Å². The summed E-state index contributed by atoms with van der Waals surface area (Å²) >= 11 is 11.1. The molecule has 0 radical (unpaired) electrons. The molecule has 0 spiro atoms. The van der Waals surface area contributed by atoms with E-state index in [1.807, 2.05) is 26.8 Å². The second kappa shape index (κ2) is 2.23. The van der Waals surface area contributed by atoms with Gasteiger partial charge in [-0.15, -0.1) is 0 Å². The minimum atomic E-state index is -2.09. The van der Waals surface area contributed by atoms with Crippen LogP contribution in [0.15, 0.2) is 11.8 Å². The summed E-state index contributed by atoms with van der Waals surface area (Å²) < 4.78 is 5.32. The Balaban J connectivity index is 3.04. The average Bonchev–Trinajstić information content (AvgIpc) is 1.73. The van der Waals surface area contributed by atoms with Crippen LogP contribution >= 0.6 is 16.9 Å². The van der Waals surface area contributed by atoms with E-state index in [4.69, 9.17) is 27.6 Å². The molecular formula is C6H10ClOPS. The molecular weight excluding hydrogens is 187 g/mol. The molecule has 1 aliphatic heterocycles. The zero-order valence-electron chi connectivity index (χ0n) is 6.22. The third-order valence-electron chi connectivity index (χ3n) is 1.51. The molecule has 1 unspecified atom stereocenters. The van der Waals surface area contributed by atoms with Crippen LogP contribution in [0.3, 0.4) is 0 Å². The monoisotopic (exact) mass is 196 g/mol. The molecule has 0 saturated heterocycles. The summed E-state index contributed by atoms with van der Waals surface area (Å²) in [6.07, 6.45) is 2.00. The Morgan fingerprint density at radius 3 is 2.30 bits per heavy atom. The molecule has 0 fully saturated rings. The molecule has 1 nitrogen and oxygen atoms in total. The quantitative estimate of drug-likeness (QED) is 0.550. The highest BCUT2D eigenvalue weighted by Gasteiger charge is 2.40. The zero-order valence-corrected chi connectivity index (χ0v) is 8.69. The molecule has 0 N–H and O–H groups in total. The fraction of sp³-hybridized carbons (Fsp3) is 0.667. The van der Waals surface area contributed by atoms with Crippen molar-refractivity contribution in [3.8, 4) is 0 Å². The van der Waals surface area contributed by atoms with Gasteiger partial charge in [-0.3, -0.25) is 0 Å². The maximum absolute atomic E-state index is 6.01. The lowest BCUT2D eigenvalue weighted by Crippen LogP contribution is -2.09. The van der Waals surface area contributed by atoms with Crippen LogP contribution < -0.4 is 0 Å². The van der Waals surface area contributed by atoms with E-state index in [1.165, 1.54) is 0 Å². The highest BCUT2D eigenvalue weighted by molar-refractivity contribution is 8.25. The SMILES string of the molecule is CC1=CC(C)(C)P(=S)(Cl)O1. The lowest BCUT2D eigenvalue weighted by Gasteiger charge is -2.21. The van der Waals surface area contributed by atoms with Crippen LogP contribution in [0.25, 0.3) is 0 Å². The Hall–Kier alpha value is 0.480. The van der Waals surface area contributed by atoms with Gasteiger partial charge in [-0.25, -0.2) is 0 Å². The Labute approximate surface area is 71.3 Å². The van der Waals surface area contributed by atoms with Crippen LogP contribution in [0.4, 0.5) is 0 Å². The van der Waals surface area contributed by atoms with Gasteiger partial charge in [0.15, 0.2) is 0 Å². The maximum atomic E-state index is 6.01. The average molecular weight is 197 g/mol. The molecule has 58 valence electrons. The Bertz CT molecular complexity index is 234. The third-order valence-corrected chi connectivity index (χ3v) is 6.68. The molecule has 10 heavy (non-hydrogen) atoms. The first-order valence-electron chi connectivity index (χ1n) is 3.04. The van der Waals surface area contributed by atoms with Crippen molar-refractivity contribution in [3.63, 3.8) is 0 Å².